The molecule has 2 rings (SSSR count). The number of hydrogen-bond donors (Lipinski definition) is 2. The summed E-state index contributed by atoms with van der Waals surface area (Å²) in [6.07, 6.45) is 1.18. The van der Waals surface area contributed by atoms with Crippen molar-refractivity contribution in [1.82, 2.24) is 10.6 Å². The first-order valence-electron chi connectivity index (χ1n) is 5.41. The summed E-state index contributed by atoms with van der Waals surface area (Å²) >= 11 is 3.45. The van der Waals surface area contributed by atoms with Crippen LogP contribution in [0.25, 0.3) is 0 Å². The first-order valence-corrected chi connectivity index (χ1v) is 6.20. The largest absolute Gasteiger partial charge is 0.359 e. The van der Waals surface area contributed by atoms with Crippen LogP contribution in [0.5, 0.6) is 0 Å². The third kappa shape index (κ3) is 2.55. The average molecular weight is 282 g/mol. The Hall–Kier alpha value is -1.03. The van der Waals surface area contributed by atoms with E-state index in [0.29, 0.717) is 12.0 Å². The number of benzene rings is 1. The van der Waals surface area contributed by atoms with Crippen molar-refractivity contribution in [2.45, 2.75) is 18.4 Å². The third-order valence-corrected chi connectivity index (χ3v) is 3.40. The van der Waals surface area contributed by atoms with Crippen molar-refractivity contribution in [3.8, 4) is 0 Å². The Morgan fingerprint density at radius 3 is 2.62 bits per heavy atom. The van der Waals surface area contributed by atoms with Crippen LogP contribution < -0.4 is 10.6 Å². The Bertz CT molecular complexity index is 386. The van der Waals surface area contributed by atoms with Gasteiger partial charge in [0.1, 0.15) is 0 Å². The van der Waals surface area contributed by atoms with Crippen LogP contribution in [0.2, 0.25) is 0 Å². The van der Waals surface area contributed by atoms with Crippen LogP contribution in [0.3, 0.4) is 0 Å². The van der Waals surface area contributed by atoms with Gasteiger partial charge in [-0.1, -0.05) is 28.1 Å². The lowest BCUT2D eigenvalue weighted by Gasteiger charge is -2.07. The van der Waals surface area contributed by atoms with Crippen LogP contribution >= 0.6 is 15.9 Å². The molecule has 1 aliphatic carbocycles. The molecule has 0 aromatic heterocycles. The maximum Gasteiger partial charge on any atom is 0.190 e. The highest BCUT2D eigenvalue weighted by atomic mass is 79.9. The zero-order valence-corrected chi connectivity index (χ0v) is 11.1. The van der Waals surface area contributed by atoms with Crippen LogP contribution in [0.1, 0.15) is 17.9 Å². The minimum Gasteiger partial charge on any atom is -0.359 e. The number of rotatable bonds is 2. The van der Waals surface area contributed by atoms with E-state index in [1.165, 1.54) is 12.0 Å². The Morgan fingerprint density at radius 2 is 2.06 bits per heavy atom. The number of halogens is 1. The van der Waals surface area contributed by atoms with Gasteiger partial charge in [0.15, 0.2) is 5.96 Å². The molecular weight excluding hydrogens is 266 g/mol. The minimum atomic E-state index is 0.521. The molecule has 0 bridgehead atoms. The van der Waals surface area contributed by atoms with Gasteiger partial charge in [0.2, 0.25) is 0 Å². The first kappa shape index (κ1) is 11.5. The monoisotopic (exact) mass is 281 g/mol. The van der Waals surface area contributed by atoms with Crippen molar-refractivity contribution in [2.75, 3.05) is 14.1 Å². The molecule has 1 aromatic rings. The van der Waals surface area contributed by atoms with Crippen LogP contribution in [-0.4, -0.2) is 26.1 Å². The molecule has 16 heavy (non-hydrogen) atoms. The van der Waals surface area contributed by atoms with Crippen molar-refractivity contribution in [3.05, 3.63) is 34.3 Å². The van der Waals surface area contributed by atoms with Gasteiger partial charge in [-0.05, 0) is 24.1 Å². The predicted octanol–water partition coefficient (Wildman–Crippen LogP) is 2.10. The molecule has 86 valence electrons. The quantitative estimate of drug-likeness (QED) is 0.644. The standard InChI is InChI=1S/C12H16BrN3/c1-14-12(15-2)16-11-7-10(11)8-3-5-9(13)6-4-8/h3-6,10-11H,7H2,1-2H3,(H2,14,15,16). The molecule has 0 radical (unpaired) electrons. The summed E-state index contributed by atoms with van der Waals surface area (Å²) in [7, 11) is 3.67. The number of hydrogen-bond acceptors (Lipinski definition) is 1. The lowest BCUT2D eigenvalue weighted by Crippen LogP contribution is -2.36. The maximum absolute atomic E-state index is 4.12. The summed E-state index contributed by atoms with van der Waals surface area (Å²) in [5.74, 6) is 1.49. The molecule has 0 saturated heterocycles. The molecule has 2 unspecified atom stereocenters. The van der Waals surface area contributed by atoms with Crippen LogP contribution in [-0.2, 0) is 0 Å². The lowest BCUT2D eigenvalue weighted by atomic mass is 10.1. The fraction of sp³-hybridized carbons (Fsp3) is 0.417. The Kier molecular flexibility index (Phi) is 3.49. The molecule has 2 atom stereocenters. The van der Waals surface area contributed by atoms with Gasteiger partial charge in [0, 0.05) is 30.5 Å². The van der Waals surface area contributed by atoms with Gasteiger partial charge in [-0.15, -0.1) is 0 Å². The zero-order valence-electron chi connectivity index (χ0n) is 9.50. The van der Waals surface area contributed by atoms with Gasteiger partial charge in [0.25, 0.3) is 0 Å². The summed E-state index contributed by atoms with van der Waals surface area (Å²) in [4.78, 5) is 4.12. The second-order valence-corrected chi connectivity index (χ2v) is 4.88. The molecule has 0 spiro atoms. The Morgan fingerprint density at radius 1 is 1.38 bits per heavy atom. The topological polar surface area (TPSA) is 36.4 Å². The first-order chi connectivity index (χ1) is 7.74. The van der Waals surface area contributed by atoms with E-state index in [0.717, 1.165) is 10.4 Å². The summed E-state index contributed by atoms with van der Waals surface area (Å²) in [5, 5.41) is 6.42. The summed E-state index contributed by atoms with van der Waals surface area (Å²) in [6.45, 7) is 0. The molecular formula is C12H16BrN3. The van der Waals surface area contributed by atoms with Gasteiger partial charge in [-0.25, -0.2) is 0 Å². The SMILES string of the molecule is CN=C(NC)NC1CC1c1ccc(Br)cc1. The second kappa shape index (κ2) is 4.87. The molecule has 1 saturated carbocycles. The van der Waals surface area contributed by atoms with Gasteiger partial charge in [-0.3, -0.25) is 4.99 Å². The molecule has 3 nitrogen and oxygen atoms in total. The lowest BCUT2D eigenvalue weighted by molar-refractivity contribution is 0.831. The Balaban J connectivity index is 1.94. The van der Waals surface area contributed by atoms with E-state index in [-0.39, 0.29) is 0 Å². The molecule has 0 heterocycles. The fourth-order valence-electron chi connectivity index (χ4n) is 1.86. The number of aliphatic imine (C=N–C) groups is 1. The van der Waals surface area contributed by atoms with Gasteiger partial charge >= 0.3 is 0 Å². The molecule has 1 aliphatic rings. The van der Waals surface area contributed by atoms with E-state index in [1.807, 2.05) is 7.05 Å². The van der Waals surface area contributed by atoms with Crippen LogP contribution in [0.15, 0.2) is 33.7 Å². The minimum absolute atomic E-state index is 0.521. The molecule has 4 heteroatoms. The smallest absolute Gasteiger partial charge is 0.190 e. The summed E-state index contributed by atoms with van der Waals surface area (Å²) < 4.78 is 1.13. The van der Waals surface area contributed by atoms with E-state index in [2.05, 4.69) is 55.8 Å². The zero-order chi connectivity index (χ0) is 11.5. The molecule has 0 aliphatic heterocycles. The number of nitrogens with zero attached hydrogens (tertiary/aromatic N) is 1. The van der Waals surface area contributed by atoms with E-state index in [9.17, 15) is 0 Å². The van der Waals surface area contributed by atoms with Crippen molar-refractivity contribution in [1.29, 1.82) is 0 Å². The fourth-order valence-corrected chi connectivity index (χ4v) is 2.12. The molecule has 1 fully saturated rings. The van der Waals surface area contributed by atoms with Crippen LogP contribution in [0, 0.1) is 0 Å². The summed E-state index contributed by atoms with van der Waals surface area (Å²) in [6, 6.07) is 9.07. The van der Waals surface area contributed by atoms with Gasteiger partial charge in [-0.2, -0.15) is 0 Å². The second-order valence-electron chi connectivity index (χ2n) is 3.97. The molecule has 2 N–H and O–H groups in total. The van der Waals surface area contributed by atoms with Crippen molar-refractivity contribution in [2.24, 2.45) is 4.99 Å². The van der Waals surface area contributed by atoms with E-state index < -0.39 is 0 Å². The highest BCUT2D eigenvalue weighted by Gasteiger charge is 2.38. The maximum atomic E-state index is 4.12. The predicted molar refractivity (Wildman–Crippen MR) is 70.8 cm³/mol. The molecule has 0 amide bonds. The normalized spacial score (nSPS) is 24.1. The molecule has 1 aromatic carbocycles. The van der Waals surface area contributed by atoms with E-state index in [4.69, 9.17) is 0 Å². The van der Waals surface area contributed by atoms with Gasteiger partial charge < -0.3 is 10.6 Å². The number of guanidine groups is 1. The van der Waals surface area contributed by atoms with E-state index >= 15 is 0 Å². The average Bonchev–Trinajstić information content (AvgIpc) is 3.06. The van der Waals surface area contributed by atoms with Gasteiger partial charge in [0.05, 0.1) is 0 Å². The van der Waals surface area contributed by atoms with E-state index in [1.54, 1.807) is 7.05 Å². The summed E-state index contributed by atoms with van der Waals surface area (Å²) in [5.41, 5.74) is 1.40. The third-order valence-electron chi connectivity index (χ3n) is 2.87. The number of nitrogens with one attached hydrogen (secondary N) is 2. The Labute approximate surface area is 104 Å². The van der Waals surface area contributed by atoms with Crippen molar-refractivity contribution < 1.29 is 0 Å². The van der Waals surface area contributed by atoms with Crippen LogP contribution in [0.4, 0.5) is 0 Å². The van der Waals surface area contributed by atoms with Crippen molar-refractivity contribution in [3.63, 3.8) is 0 Å². The highest BCUT2D eigenvalue weighted by molar-refractivity contribution is 9.10. The van der Waals surface area contributed by atoms with Crippen molar-refractivity contribution >= 4 is 21.9 Å². The highest BCUT2D eigenvalue weighted by Crippen LogP contribution is 2.40.